The van der Waals surface area contributed by atoms with Gasteiger partial charge in [-0.25, -0.2) is 0 Å². The van der Waals surface area contributed by atoms with Crippen molar-refractivity contribution in [2.45, 2.75) is 56.1 Å². The number of benzene rings is 1. The summed E-state index contributed by atoms with van der Waals surface area (Å²) in [6, 6.07) is 8.00. The molecule has 0 spiro atoms. The van der Waals surface area contributed by atoms with Crippen LogP contribution in [0.1, 0.15) is 44.1 Å². The number of nitrogens with zero attached hydrogens (tertiary/aromatic N) is 3. The Labute approximate surface area is 167 Å². The van der Waals surface area contributed by atoms with Crippen molar-refractivity contribution in [2.24, 2.45) is 5.73 Å². The number of hydrogen-bond donors (Lipinski definition) is 1. The van der Waals surface area contributed by atoms with E-state index in [2.05, 4.69) is 31.1 Å². The van der Waals surface area contributed by atoms with E-state index in [1.54, 1.807) is 4.90 Å². The highest BCUT2D eigenvalue weighted by Gasteiger charge is 2.51. The molecule has 1 radical (unpaired) electrons. The van der Waals surface area contributed by atoms with Gasteiger partial charge in [-0.3, -0.25) is 19.4 Å². The van der Waals surface area contributed by atoms with Gasteiger partial charge in [-0.05, 0) is 75.9 Å². The van der Waals surface area contributed by atoms with Crippen LogP contribution in [-0.4, -0.2) is 61.0 Å². The van der Waals surface area contributed by atoms with Crippen LogP contribution in [0.2, 0.25) is 0 Å². The largest absolute Gasteiger partial charge is 0.367 e. The minimum absolute atomic E-state index is 0.0442. The molecule has 1 unspecified atom stereocenters. The molecular formula is C22H31N4O2. The fraction of sp³-hybridized carbons (Fsp3) is 0.591. The van der Waals surface area contributed by atoms with Crippen LogP contribution in [0, 0.1) is 6.42 Å². The number of carbonyl (C=O) groups is 2. The molecule has 1 aromatic rings. The highest BCUT2D eigenvalue weighted by atomic mass is 16.2. The van der Waals surface area contributed by atoms with Crippen LogP contribution >= 0.6 is 0 Å². The van der Waals surface area contributed by atoms with Gasteiger partial charge in [-0.1, -0.05) is 25.0 Å². The number of primary amides is 1. The van der Waals surface area contributed by atoms with Gasteiger partial charge in [0.05, 0.1) is 6.04 Å². The van der Waals surface area contributed by atoms with E-state index in [1.807, 2.05) is 23.5 Å². The van der Waals surface area contributed by atoms with Gasteiger partial charge < -0.3 is 10.6 Å². The molecule has 2 aliphatic heterocycles. The Morgan fingerprint density at radius 1 is 1.21 bits per heavy atom. The molecule has 28 heavy (non-hydrogen) atoms. The summed E-state index contributed by atoms with van der Waals surface area (Å²) in [6.07, 6.45) is 8.26. The van der Waals surface area contributed by atoms with Crippen LogP contribution in [0.3, 0.4) is 0 Å². The van der Waals surface area contributed by atoms with Crippen molar-refractivity contribution in [2.75, 3.05) is 32.1 Å². The van der Waals surface area contributed by atoms with Gasteiger partial charge in [0.25, 0.3) is 5.91 Å². The van der Waals surface area contributed by atoms with Crippen molar-refractivity contribution in [1.82, 2.24) is 9.80 Å². The molecule has 2 heterocycles. The molecule has 151 valence electrons. The molecule has 0 bridgehead atoms. The Balaban J connectivity index is 1.60. The van der Waals surface area contributed by atoms with Gasteiger partial charge in [0.15, 0.2) is 6.17 Å². The average Bonchev–Trinajstić information content (AvgIpc) is 3.38. The number of anilines is 1. The normalized spacial score (nSPS) is 27.0. The monoisotopic (exact) mass is 383 g/mol. The Morgan fingerprint density at radius 2 is 1.89 bits per heavy atom. The van der Waals surface area contributed by atoms with Gasteiger partial charge in [-0.15, -0.1) is 0 Å². The van der Waals surface area contributed by atoms with Crippen LogP contribution in [0.5, 0.6) is 0 Å². The predicted octanol–water partition coefficient (Wildman–Crippen LogP) is 1.89. The summed E-state index contributed by atoms with van der Waals surface area (Å²) in [5, 5.41) is 0. The van der Waals surface area contributed by atoms with Gasteiger partial charge in [0.1, 0.15) is 0 Å². The number of nitrogens with two attached hydrogens (primary N) is 1. The standard InChI is InChI=1S/C22H31N4O2/c1-24(2)15-13-22(11-3-4-12-22)16-7-9-17(10-8-16)26-20(19(23)27)25-14-5-6-18(25)21(26)28/h6-10,18,20H,3-5,11-15H2,1-2H3,(H2,23,27)/t18-,20?/m0/s1. The maximum atomic E-state index is 12.9. The zero-order valence-electron chi connectivity index (χ0n) is 16.9. The highest BCUT2D eigenvalue weighted by Crippen LogP contribution is 2.44. The topological polar surface area (TPSA) is 69.9 Å². The lowest BCUT2D eigenvalue weighted by Crippen LogP contribution is -2.49. The fourth-order valence-electron chi connectivity index (χ4n) is 5.29. The second kappa shape index (κ2) is 7.48. The number of amides is 2. The van der Waals surface area contributed by atoms with Gasteiger partial charge in [-0.2, -0.15) is 0 Å². The van der Waals surface area contributed by atoms with E-state index in [9.17, 15) is 9.59 Å². The molecule has 2 N–H and O–H groups in total. The average molecular weight is 384 g/mol. The molecule has 2 amide bonds. The van der Waals surface area contributed by atoms with E-state index in [0.29, 0.717) is 6.54 Å². The van der Waals surface area contributed by atoms with E-state index >= 15 is 0 Å². The van der Waals surface area contributed by atoms with E-state index in [1.165, 1.54) is 31.2 Å². The number of carbonyl (C=O) groups excluding carboxylic acids is 2. The minimum atomic E-state index is -0.684. The lowest BCUT2D eigenvalue weighted by atomic mass is 9.76. The Bertz CT molecular complexity index is 739. The third kappa shape index (κ3) is 3.22. The number of hydrogen-bond acceptors (Lipinski definition) is 4. The third-order valence-electron chi connectivity index (χ3n) is 6.79. The zero-order chi connectivity index (χ0) is 19.9. The molecule has 1 aliphatic carbocycles. The Kier molecular flexibility index (Phi) is 5.19. The van der Waals surface area contributed by atoms with Crippen LogP contribution in [0.25, 0.3) is 0 Å². The first-order chi connectivity index (χ1) is 13.4. The van der Waals surface area contributed by atoms with Gasteiger partial charge >= 0.3 is 0 Å². The summed E-state index contributed by atoms with van der Waals surface area (Å²) in [6.45, 7) is 1.77. The molecule has 2 saturated heterocycles. The molecule has 1 aromatic carbocycles. The second-order valence-electron chi connectivity index (χ2n) is 8.78. The summed E-state index contributed by atoms with van der Waals surface area (Å²) in [4.78, 5) is 30.8. The van der Waals surface area contributed by atoms with Gasteiger partial charge in [0, 0.05) is 12.2 Å². The van der Waals surface area contributed by atoms with Crippen molar-refractivity contribution in [3.05, 3.63) is 36.2 Å². The molecule has 3 aliphatic rings. The lowest BCUT2D eigenvalue weighted by Gasteiger charge is -2.32. The second-order valence-corrected chi connectivity index (χ2v) is 8.78. The Hall–Kier alpha value is -1.92. The maximum absolute atomic E-state index is 12.9. The molecule has 1 saturated carbocycles. The van der Waals surface area contributed by atoms with E-state index in [-0.39, 0.29) is 17.4 Å². The minimum Gasteiger partial charge on any atom is -0.367 e. The number of fused-ring (bicyclic) bond motifs is 1. The SMILES string of the molecule is CN(C)CCC1(c2ccc(N3C(=O)[C@@H]4[CH]CCN4C3C(N)=O)cc2)CCCC1. The molecule has 6 nitrogen and oxygen atoms in total. The van der Waals surface area contributed by atoms with Crippen molar-refractivity contribution in [3.63, 3.8) is 0 Å². The molecule has 0 aromatic heterocycles. The van der Waals surface area contributed by atoms with Crippen LogP contribution in [-0.2, 0) is 15.0 Å². The first-order valence-electron chi connectivity index (χ1n) is 10.4. The van der Waals surface area contributed by atoms with Crippen molar-refractivity contribution >= 4 is 17.5 Å². The predicted molar refractivity (Wildman–Crippen MR) is 110 cm³/mol. The summed E-state index contributed by atoms with van der Waals surface area (Å²) in [5.74, 6) is -0.509. The summed E-state index contributed by atoms with van der Waals surface area (Å²) in [5.41, 5.74) is 8.02. The van der Waals surface area contributed by atoms with Crippen molar-refractivity contribution in [3.8, 4) is 0 Å². The van der Waals surface area contributed by atoms with Crippen LogP contribution in [0.4, 0.5) is 5.69 Å². The van der Waals surface area contributed by atoms with E-state index in [4.69, 9.17) is 5.73 Å². The van der Waals surface area contributed by atoms with Crippen molar-refractivity contribution in [1.29, 1.82) is 0 Å². The van der Waals surface area contributed by atoms with Crippen LogP contribution < -0.4 is 10.6 Å². The highest BCUT2D eigenvalue weighted by molar-refractivity contribution is 6.06. The van der Waals surface area contributed by atoms with Crippen molar-refractivity contribution < 1.29 is 9.59 Å². The maximum Gasteiger partial charge on any atom is 0.255 e. The molecular weight excluding hydrogens is 352 g/mol. The third-order valence-corrected chi connectivity index (χ3v) is 6.79. The molecule has 3 fully saturated rings. The molecule has 4 rings (SSSR count). The first kappa shape index (κ1) is 19.4. The van der Waals surface area contributed by atoms with E-state index < -0.39 is 12.1 Å². The van der Waals surface area contributed by atoms with E-state index in [0.717, 1.165) is 25.1 Å². The summed E-state index contributed by atoms with van der Waals surface area (Å²) in [7, 11) is 4.25. The summed E-state index contributed by atoms with van der Waals surface area (Å²) >= 11 is 0. The quantitative estimate of drug-likeness (QED) is 0.814. The molecule has 6 heteroatoms. The number of rotatable bonds is 6. The lowest BCUT2D eigenvalue weighted by molar-refractivity contribution is -0.122. The first-order valence-corrected chi connectivity index (χ1v) is 10.4. The summed E-state index contributed by atoms with van der Waals surface area (Å²) < 4.78 is 0. The van der Waals surface area contributed by atoms with Gasteiger partial charge in [0.2, 0.25) is 5.91 Å². The Morgan fingerprint density at radius 3 is 2.50 bits per heavy atom. The molecule has 2 atom stereocenters. The smallest absolute Gasteiger partial charge is 0.255 e. The zero-order valence-corrected chi connectivity index (χ0v) is 16.9. The fourth-order valence-corrected chi connectivity index (χ4v) is 5.29. The van der Waals surface area contributed by atoms with Crippen LogP contribution in [0.15, 0.2) is 24.3 Å².